The van der Waals surface area contributed by atoms with Gasteiger partial charge in [-0.25, -0.2) is 0 Å². The minimum Gasteiger partial charge on any atom is -0.481 e. The highest BCUT2D eigenvalue weighted by Gasteiger charge is 2.47. The summed E-state index contributed by atoms with van der Waals surface area (Å²) in [5.41, 5.74) is 3.64. The van der Waals surface area contributed by atoms with Gasteiger partial charge in [-0.2, -0.15) is 13.0 Å². The van der Waals surface area contributed by atoms with Crippen molar-refractivity contribution in [3.8, 4) is 0 Å². The van der Waals surface area contributed by atoms with Crippen LogP contribution in [0, 0.1) is 6.92 Å². The number of benzene rings is 2. The average molecular weight is 533 g/mol. The van der Waals surface area contributed by atoms with Crippen molar-refractivity contribution in [2.24, 2.45) is 0 Å². The molecule has 8 nitrogen and oxygen atoms in total. The van der Waals surface area contributed by atoms with Crippen molar-refractivity contribution < 1.29 is 37.0 Å². The molecule has 0 aromatic heterocycles. The fraction of sp³-hybridized carbons (Fsp3) is 0.536. The molecule has 2 N–H and O–H groups in total. The van der Waals surface area contributed by atoms with Crippen molar-refractivity contribution in [1.82, 2.24) is 0 Å². The van der Waals surface area contributed by atoms with Crippen molar-refractivity contribution in [2.45, 2.75) is 88.9 Å². The lowest BCUT2D eigenvalue weighted by atomic mass is 9.74. The molecule has 0 radical (unpaired) electrons. The van der Waals surface area contributed by atoms with E-state index in [1.54, 1.807) is 6.07 Å². The summed E-state index contributed by atoms with van der Waals surface area (Å²) in [7, 11) is -2.98. The minimum atomic E-state index is -4.37. The van der Waals surface area contributed by atoms with E-state index in [9.17, 15) is 22.6 Å². The Hall–Kier alpha value is -2.78. The van der Waals surface area contributed by atoms with E-state index in [2.05, 4.69) is 24.5 Å². The summed E-state index contributed by atoms with van der Waals surface area (Å²) in [6, 6.07) is 7.17. The Bertz CT molecular complexity index is 1330. The van der Waals surface area contributed by atoms with Crippen LogP contribution in [-0.4, -0.2) is 54.0 Å². The van der Waals surface area contributed by atoms with Gasteiger partial charge in [0.25, 0.3) is 10.1 Å². The fourth-order valence-electron chi connectivity index (χ4n) is 5.53. The summed E-state index contributed by atoms with van der Waals surface area (Å²) in [6.45, 7) is 6.87. The molecule has 2 aromatic rings. The van der Waals surface area contributed by atoms with Crippen molar-refractivity contribution in [1.29, 1.82) is 0 Å². The summed E-state index contributed by atoms with van der Waals surface area (Å²) in [4.78, 5) is 22.2. The number of hydrogen-bond acceptors (Lipinski definition) is 5. The summed E-state index contributed by atoms with van der Waals surface area (Å²) in [5, 5.41) is 10.7. The molecule has 37 heavy (non-hydrogen) atoms. The Morgan fingerprint density at radius 1 is 0.973 bits per heavy atom. The lowest BCUT2D eigenvalue weighted by molar-refractivity contribution is -0.439. The predicted octanol–water partition coefficient (Wildman–Crippen LogP) is 5.54. The first-order valence-electron chi connectivity index (χ1n) is 12.9. The first-order valence-corrected chi connectivity index (χ1v) is 14.3. The van der Waals surface area contributed by atoms with Crippen molar-refractivity contribution in [2.75, 3.05) is 13.7 Å². The number of hydrogen-bond donors (Lipinski definition) is 2. The molecule has 0 saturated carbocycles. The molecule has 0 amide bonds. The number of carboxylic acid groups (broad SMARTS) is 1. The number of unbranched alkanes of at least 4 members (excludes halogenated alkanes) is 4. The smallest absolute Gasteiger partial charge is 0.305 e. The Balaban J connectivity index is 2.01. The van der Waals surface area contributed by atoms with Crippen LogP contribution in [0.25, 0.3) is 10.8 Å². The van der Waals surface area contributed by atoms with Crippen LogP contribution in [0.15, 0.2) is 29.2 Å². The van der Waals surface area contributed by atoms with Crippen molar-refractivity contribution in [3.05, 3.63) is 35.4 Å². The van der Waals surface area contributed by atoms with E-state index in [-0.39, 0.29) is 22.7 Å². The number of aryl methyl sites for hydroxylation is 1. The minimum absolute atomic E-state index is 0.115. The number of esters is 1. The zero-order valence-corrected chi connectivity index (χ0v) is 23.0. The third kappa shape index (κ3) is 6.38. The van der Waals surface area contributed by atoms with Crippen LogP contribution >= 0.6 is 0 Å². The summed E-state index contributed by atoms with van der Waals surface area (Å²) in [6.07, 6.45) is 6.10. The highest BCUT2D eigenvalue weighted by molar-refractivity contribution is 7.85. The van der Waals surface area contributed by atoms with E-state index < -0.39 is 16.1 Å². The Kier molecular flexibility index (Phi) is 9.13. The number of aliphatic carboxylic acids is 1. The second kappa shape index (κ2) is 11.7. The van der Waals surface area contributed by atoms with Gasteiger partial charge in [0.1, 0.15) is 6.54 Å². The van der Waals surface area contributed by atoms with E-state index in [1.807, 2.05) is 13.0 Å². The SMILES string of the molecule is COC(=O)CCCCCC1(C)C(C)=[N+](CCCCCC(=O)O)c2ccc3c(C)cc(S(=O)(=O)O)cc3c21. The van der Waals surface area contributed by atoms with E-state index in [0.29, 0.717) is 12.8 Å². The lowest BCUT2D eigenvalue weighted by Crippen LogP contribution is -2.30. The van der Waals surface area contributed by atoms with E-state index >= 15 is 0 Å². The van der Waals surface area contributed by atoms with Crippen LogP contribution in [0.4, 0.5) is 5.69 Å². The topological polar surface area (TPSA) is 121 Å². The number of fused-ring (bicyclic) bond motifs is 3. The Labute approximate surface area is 219 Å². The zero-order valence-electron chi connectivity index (χ0n) is 22.2. The molecule has 9 heteroatoms. The standard InChI is InChI=1S/C28H37NO7S/c1-19-17-21(37(33,34)35)18-23-22(19)13-14-24-27(23)28(3,15-9-5-8-12-26(32)36-4)20(2)29(24)16-10-6-7-11-25(30)31/h13-14,17-18H,5-12,15-16H2,1-4H3,(H-,30,31,33,34,35)/p+1. The van der Waals surface area contributed by atoms with Gasteiger partial charge in [0.2, 0.25) is 5.69 Å². The molecule has 1 aliphatic heterocycles. The highest BCUT2D eigenvalue weighted by Crippen LogP contribution is 2.47. The molecule has 1 atom stereocenters. The highest BCUT2D eigenvalue weighted by atomic mass is 32.2. The Morgan fingerprint density at radius 2 is 1.65 bits per heavy atom. The largest absolute Gasteiger partial charge is 0.481 e. The van der Waals surface area contributed by atoms with Crippen LogP contribution < -0.4 is 0 Å². The van der Waals surface area contributed by atoms with Gasteiger partial charge in [-0.05, 0) is 74.1 Å². The molecule has 3 rings (SSSR count). The van der Waals surface area contributed by atoms with Crippen LogP contribution in [-0.2, 0) is 29.9 Å². The van der Waals surface area contributed by atoms with Gasteiger partial charge in [-0.3, -0.25) is 14.1 Å². The third-order valence-corrected chi connectivity index (χ3v) is 8.53. The molecule has 0 spiro atoms. The second-order valence-electron chi connectivity index (χ2n) is 10.2. The maximum absolute atomic E-state index is 12.1. The van der Waals surface area contributed by atoms with Crippen LogP contribution in [0.1, 0.15) is 82.8 Å². The van der Waals surface area contributed by atoms with Gasteiger partial charge < -0.3 is 9.84 Å². The summed E-state index contributed by atoms with van der Waals surface area (Å²) in [5.74, 6) is -1.00. The first-order chi connectivity index (χ1) is 17.4. The van der Waals surface area contributed by atoms with Gasteiger partial charge in [-0.15, -0.1) is 0 Å². The number of methoxy groups -OCH3 is 1. The number of nitrogens with zero attached hydrogens (tertiary/aromatic N) is 1. The molecule has 1 unspecified atom stereocenters. The van der Waals surface area contributed by atoms with E-state index in [4.69, 9.17) is 9.84 Å². The van der Waals surface area contributed by atoms with Crippen LogP contribution in [0.2, 0.25) is 0 Å². The summed E-state index contributed by atoms with van der Waals surface area (Å²) < 4.78 is 40.9. The monoisotopic (exact) mass is 532 g/mol. The number of carbonyl (C=O) groups is 2. The molecular weight excluding hydrogens is 494 g/mol. The average Bonchev–Trinajstić information content (AvgIpc) is 3.04. The number of ether oxygens (including phenoxy) is 1. The number of rotatable bonds is 13. The maximum Gasteiger partial charge on any atom is 0.305 e. The lowest BCUT2D eigenvalue weighted by Gasteiger charge is -2.24. The summed E-state index contributed by atoms with van der Waals surface area (Å²) >= 11 is 0. The molecule has 1 aliphatic rings. The molecule has 0 fully saturated rings. The zero-order chi connectivity index (χ0) is 27.4. The van der Waals surface area contributed by atoms with E-state index in [0.717, 1.165) is 78.4 Å². The van der Waals surface area contributed by atoms with Crippen molar-refractivity contribution >= 4 is 44.2 Å². The molecule has 202 valence electrons. The molecular formula is C28H38NO7S+. The van der Waals surface area contributed by atoms with E-state index in [1.165, 1.54) is 13.2 Å². The molecule has 0 saturated heterocycles. The first kappa shape index (κ1) is 28.8. The molecule has 2 aromatic carbocycles. The second-order valence-corrected chi connectivity index (χ2v) is 11.6. The van der Waals surface area contributed by atoms with Gasteiger partial charge >= 0.3 is 11.9 Å². The maximum atomic E-state index is 12.1. The molecule has 1 heterocycles. The van der Waals surface area contributed by atoms with Crippen LogP contribution in [0.3, 0.4) is 0 Å². The molecule has 0 bridgehead atoms. The van der Waals surface area contributed by atoms with Crippen LogP contribution in [0.5, 0.6) is 0 Å². The fourth-order valence-corrected chi connectivity index (χ4v) is 6.13. The third-order valence-electron chi connectivity index (χ3n) is 7.70. The van der Waals surface area contributed by atoms with Gasteiger partial charge in [0, 0.05) is 37.8 Å². The quantitative estimate of drug-likeness (QED) is 0.150. The van der Waals surface area contributed by atoms with Gasteiger partial charge in [-0.1, -0.05) is 12.8 Å². The Morgan fingerprint density at radius 3 is 2.30 bits per heavy atom. The van der Waals surface area contributed by atoms with Gasteiger partial charge in [0.05, 0.1) is 17.4 Å². The van der Waals surface area contributed by atoms with Crippen molar-refractivity contribution in [3.63, 3.8) is 0 Å². The normalized spacial score (nSPS) is 17.3. The van der Waals surface area contributed by atoms with Gasteiger partial charge in [0.15, 0.2) is 5.71 Å². The number of carboxylic acids is 1. The predicted molar refractivity (Wildman–Crippen MR) is 143 cm³/mol. The number of carbonyl (C=O) groups excluding carboxylic acids is 1. The molecule has 0 aliphatic carbocycles.